The number of carbonyl (C=O) groups excluding carboxylic acids is 1. The third-order valence-electron chi connectivity index (χ3n) is 3.11. The van der Waals surface area contributed by atoms with Crippen LogP contribution in [0, 0.1) is 0 Å². The predicted octanol–water partition coefficient (Wildman–Crippen LogP) is 4.16. The molecule has 0 saturated heterocycles. The summed E-state index contributed by atoms with van der Waals surface area (Å²) in [5, 5.41) is 9.19. The SMILES string of the molecule is C[C@H](Nc1cccc(NC(=O)c2ccoc2)c1)c1nccs1. The zero-order chi connectivity index (χ0) is 15.4. The van der Waals surface area contributed by atoms with Crippen LogP contribution in [-0.2, 0) is 0 Å². The molecule has 0 fully saturated rings. The van der Waals surface area contributed by atoms with Crippen molar-refractivity contribution in [2.45, 2.75) is 13.0 Å². The zero-order valence-electron chi connectivity index (χ0n) is 11.9. The molecule has 2 aromatic heterocycles. The number of thiazole rings is 1. The largest absolute Gasteiger partial charge is 0.472 e. The normalized spacial score (nSPS) is 11.9. The molecule has 0 radical (unpaired) electrons. The van der Waals surface area contributed by atoms with Crippen molar-refractivity contribution in [1.29, 1.82) is 0 Å². The third-order valence-corrected chi connectivity index (χ3v) is 4.07. The number of hydrogen-bond acceptors (Lipinski definition) is 5. The number of aromatic nitrogens is 1. The molecule has 1 amide bonds. The van der Waals surface area contributed by atoms with E-state index in [9.17, 15) is 4.79 Å². The number of carbonyl (C=O) groups is 1. The van der Waals surface area contributed by atoms with Gasteiger partial charge in [0.25, 0.3) is 5.91 Å². The van der Waals surface area contributed by atoms with E-state index in [-0.39, 0.29) is 11.9 Å². The van der Waals surface area contributed by atoms with E-state index in [0.29, 0.717) is 5.56 Å². The number of nitrogens with one attached hydrogen (secondary N) is 2. The number of benzene rings is 1. The molecule has 2 N–H and O–H groups in total. The molecule has 3 rings (SSSR count). The van der Waals surface area contributed by atoms with E-state index in [4.69, 9.17) is 4.42 Å². The number of nitrogens with zero attached hydrogens (tertiary/aromatic N) is 1. The van der Waals surface area contributed by atoms with Crippen molar-refractivity contribution in [3.63, 3.8) is 0 Å². The topological polar surface area (TPSA) is 67.2 Å². The number of furan rings is 1. The second-order valence-corrected chi connectivity index (χ2v) is 5.71. The molecule has 112 valence electrons. The summed E-state index contributed by atoms with van der Waals surface area (Å²) in [6.45, 7) is 2.05. The molecule has 2 heterocycles. The van der Waals surface area contributed by atoms with Crippen molar-refractivity contribution in [3.8, 4) is 0 Å². The average Bonchev–Trinajstić information content (AvgIpc) is 3.21. The van der Waals surface area contributed by atoms with E-state index in [1.54, 1.807) is 23.6 Å². The molecule has 0 aliphatic heterocycles. The van der Waals surface area contributed by atoms with Gasteiger partial charge in [-0.3, -0.25) is 4.79 Å². The third kappa shape index (κ3) is 3.35. The summed E-state index contributed by atoms with van der Waals surface area (Å²) >= 11 is 1.61. The summed E-state index contributed by atoms with van der Waals surface area (Å²) in [6.07, 6.45) is 4.68. The lowest BCUT2D eigenvalue weighted by atomic mass is 10.2. The first-order chi connectivity index (χ1) is 10.7. The minimum absolute atomic E-state index is 0.111. The Morgan fingerprint density at radius 3 is 2.91 bits per heavy atom. The van der Waals surface area contributed by atoms with Gasteiger partial charge < -0.3 is 15.1 Å². The molecule has 0 aliphatic carbocycles. The lowest BCUT2D eigenvalue weighted by molar-refractivity contribution is 0.102. The molecular weight excluding hydrogens is 298 g/mol. The maximum absolute atomic E-state index is 12.0. The summed E-state index contributed by atoms with van der Waals surface area (Å²) in [6, 6.07) is 9.32. The van der Waals surface area contributed by atoms with Crippen molar-refractivity contribution in [2.75, 3.05) is 10.6 Å². The van der Waals surface area contributed by atoms with Gasteiger partial charge in [-0.25, -0.2) is 4.98 Å². The first-order valence-corrected chi connectivity index (χ1v) is 7.70. The van der Waals surface area contributed by atoms with Gasteiger partial charge in [-0.2, -0.15) is 0 Å². The van der Waals surface area contributed by atoms with Gasteiger partial charge in [0.15, 0.2) is 0 Å². The number of hydrogen-bond donors (Lipinski definition) is 2. The summed E-state index contributed by atoms with van der Waals surface area (Å²) in [7, 11) is 0. The van der Waals surface area contributed by atoms with E-state index < -0.39 is 0 Å². The van der Waals surface area contributed by atoms with Crippen LogP contribution in [0.25, 0.3) is 0 Å². The van der Waals surface area contributed by atoms with Crippen LogP contribution in [0.1, 0.15) is 28.3 Å². The van der Waals surface area contributed by atoms with Crippen LogP contribution in [0.3, 0.4) is 0 Å². The summed E-state index contributed by atoms with van der Waals surface area (Å²) in [5.74, 6) is -0.195. The smallest absolute Gasteiger partial charge is 0.258 e. The van der Waals surface area contributed by atoms with Gasteiger partial charge in [-0.05, 0) is 31.2 Å². The molecule has 1 aromatic carbocycles. The van der Waals surface area contributed by atoms with E-state index in [1.165, 1.54) is 12.5 Å². The van der Waals surface area contributed by atoms with Crippen LogP contribution in [0.2, 0.25) is 0 Å². The number of rotatable bonds is 5. The molecule has 6 heteroatoms. The maximum Gasteiger partial charge on any atom is 0.258 e. The van der Waals surface area contributed by atoms with E-state index in [1.807, 2.05) is 29.6 Å². The maximum atomic E-state index is 12.0. The van der Waals surface area contributed by atoms with Crippen molar-refractivity contribution in [3.05, 3.63) is 65.0 Å². The van der Waals surface area contributed by atoms with Crippen LogP contribution in [0.5, 0.6) is 0 Å². The predicted molar refractivity (Wildman–Crippen MR) is 87.3 cm³/mol. The fourth-order valence-electron chi connectivity index (χ4n) is 2.04. The Morgan fingerprint density at radius 1 is 1.32 bits per heavy atom. The van der Waals surface area contributed by atoms with Crippen molar-refractivity contribution in [2.24, 2.45) is 0 Å². The Bertz CT molecular complexity index is 739. The standard InChI is InChI=1S/C16H15N3O2S/c1-11(16-17-6-8-22-16)18-13-3-2-4-14(9-13)19-15(20)12-5-7-21-10-12/h2-11,18H,1H3,(H,19,20)/t11-/m0/s1. The highest BCUT2D eigenvalue weighted by Gasteiger charge is 2.10. The minimum Gasteiger partial charge on any atom is -0.472 e. The Morgan fingerprint density at radius 2 is 2.18 bits per heavy atom. The van der Waals surface area contributed by atoms with Crippen LogP contribution >= 0.6 is 11.3 Å². The van der Waals surface area contributed by atoms with Crippen LogP contribution in [0.4, 0.5) is 11.4 Å². The molecule has 0 unspecified atom stereocenters. The highest BCUT2D eigenvalue weighted by Crippen LogP contribution is 2.23. The lowest BCUT2D eigenvalue weighted by Crippen LogP contribution is -2.11. The Kier molecular flexibility index (Phi) is 4.20. The van der Waals surface area contributed by atoms with Gasteiger partial charge in [-0.15, -0.1) is 11.3 Å². The zero-order valence-corrected chi connectivity index (χ0v) is 12.8. The second-order valence-electron chi connectivity index (χ2n) is 4.78. The molecule has 1 atom stereocenters. The average molecular weight is 313 g/mol. The summed E-state index contributed by atoms with van der Waals surface area (Å²) in [4.78, 5) is 16.3. The molecule has 0 aliphatic rings. The van der Waals surface area contributed by atoms with Crippen LogP contribution in [0.15, 0.2) is 58.9 Å². The summed E-state index contributed by atoms with van der Waals surface area (Å²) in [5.41, 5.74) is 2.14. The molecule has 22 heavy (non-hydrogen) atoms. The Hall–Kier alpha value is -2.60. The van der Waals surface area contributed by atoms with Crippen molar-refractivity contribution >= 4 is 28.6 Å². The highest BCUT2D eigenvalue weighted by molar-refractivity contribution is 7.09. The summed E-state index contributed by atoms with van der Waals surface area (Å²) < 4.78 is 4.91. The quantitative estimate of drug-likeness (QED) is 0.742. The van der Waals surface area contributed by atoms with Crippen LogP contribution < -0.4 is 10.6 Å². The highest BCUT2D eigenvalue weighted by atomic mass is 32.1. The van der Waals surface area contributed by atoms with Gasteiger partial charge in [0, 0.05) is 23.0 Å². The lowest BCUT2D eigenvalue weighted by Gasteiger charge is -2.14. The molecule has 0 saturated carbocycles. The molecule has 3 aromatic rings. The van der Waals surface area contributed by atoms with Gasteiger partial charge in [0.2, 0.25) is 0 Å². The second kappa shape index (κ2) is 6.44. The monoisotopic (exact) mass is 313 g/mol. The van der Waals surface area contributed by atoms with E-state index in [0.717, 1.165) is 16.4 Å². The Balaban J connectivity index is 1.68. The van der Waals surface area contributed by atoms with Crippen molar-refractivity contribution < 1.29 is 9.21 Å². The Labute approximate surface area is 132 Å². The number of amides is 1. The van der Waals surface area contributed by atoms with E-state index >= 15 is 0 Å². The molecule has 5 nitrogen and oxygen atoms in total. The molecule has 0 bridgehead atoms. The van der Waals surface area contributed by atoms with Gasteiger partial charge in [-0.1, -0.05) is 6.07 Å². The van der Waals surface area contributed by atoms with Crippen LogP contribution in [-0.4, -0.2) is 10.9 Å². The first kappa shape index (κ1) is 14.3. The fraction of sp³-hybridized carbons (Fsp3) is 0.125. The van der Waals surface area contributed by atoms with Gasteiger partial charge in [0.1, 0.15) is 11.3 Å². The van der Waals surface area contributed by atoms with Crippen molar-refractivity contribution in [1.82, 2.24) is 4.98 Å². The minimum atomic E-state index is -0.195. The first-order valence-electron chi connectivity index (χ1n) is 6.82. The van der Waals surface area contributed by atoms with Gasteiger partial charge in [0.05, 0.1) is 17.9 Å². The van der Waals surface area contributed by atoms with E-state index in [2.05, 4.69) is 22.5 Å². The molecular formula is C16H15N3O2S. The fourth-order valence-corrected chi connectivity index (χ4v) is 2.69. The number of anilines is 2. The van der Waals surface area contributed by atoms with Gasteiger partial charge >= 0.3 is 0 Å². The molecule has 0 spiro atoms.